The van der Waals surface area contributed by atoms with Crippen molar-refractivity contribution < 1.29 is 4.39 Å². The Bertz CT molecular complexity index is 809. The molecular weight excluding hydrogens is 275 g/mol. The summed E-state index contributed by atoms with van der Waals surface area (Å²) in [5.74, 6) is 0.613. The van der Waals surface area contributed by atoms with Gasteiger partial charge in [0, 0.05) is 16.9 Å². The molecule has 0 N–H and O–H groups in total. The summed E-state index contributed by atoms with van der Waals surface area (Å²) in [4.78, 5) is 4.69. The SMILES string of the molecule is Cc1cc(C)cc(-n2c(-c3ccc(F)cc3)nc(C)c2C)c1. The molecule has 0 radical (unpaired) electrons. The number of halogens is 1. The summed E-state index contributed by atoms with van der Waals surface area (Å²) < 4.78 is 15.3. The second-order valence-electron chi connectivity index (χ2n) is 5.79. The molecular formula is C19H19FN2. The number of benzene rings is 2. The Hall–Kier alpha value is -2.42. The van der Waals surface area contributed by atoms with Crippen molar-refractivity contribution in [3.05, 3.63) is 70.8 Å². The molecule has 0 atom stereocenters. The molecule has 2 nitrogen and oxygen atoms in total. The quantitative estimate of drug-likeness (QED) is 0.656. The molecule has 112 valence electrons. The predicted molar refractivity (Wildman–Crippen MR) is 87.9 cm³/mol. The number of hydrogen-bond donors (Lipinski definition) is 0. The summed E-state index contributed by atoms with van der Waals surface area (Å²) in [6, 6.07) is 12.9. The van der Waals surface area contributed by atoms with Crippen LogP contribution in [0.5, 0.6) is 0 Å². The summed E-state index contributed by atoms with van der Waals surface area (Å²) in [7, 11) is 0. The molecule has 0 fully saturated rings. The maximum Gasteiger partial charge on any atom is 0.145 e. The zero-order chi connectivity index (χ0) is 15.9. The fourth-order valence-corrected chi connectivity index (χ4v) is 2.80. The monoisotopic (exact) mass is 294 g/mol. The van der Waals surface area contributed by atoms with Crippen molar-refractivity contribution in [1.29, 1.82) is 0 Å². The third-order valence-electron chi connectivity index (χ3n) is 3.91. The molecule has 3 rings (SSSR count). The molecule has 0 aliphatic rings. The molecule has 0 unspecified atom stereocenters. The van der Waals surface area contributed by atoms with Gasteiger partial charge in [-0.05, 0) is 75.2 Å². The molecule has 22 heavy (non-hydrogen) atoms. The van der Waals surface area contributed by atoms with Gasteiger partial charge >= 0.3 is 0 Å². The Labute approximate surface area is 130 Å². The smallest absolute Gasteiger partial charge is 0.145 e. The van der Waals surface area contributed by atoms with Gasteiger partial charge in [-0.3, -0.25) is 4.57 Å². The maximum atomic E-state index is 13.2. The molecule has 0 saturated heterocycles. The van der Waals surface area contributed by atoms with Crippen LogP contribution in [-0.2, 0) is 0 Å². The average molecular weight is 294 g/mol. The minimum atomic E-state index is -0.235. The summed E-state index contributed by atoms with van der Waals surface area (Å²) in [6.07, 6.45) is 0. The van der Waals surface area contributed by atoms with Crippen LogP contribution in [0, 0.1) is 33.5 Å². The van der Waals surface area contributed by atoms with Gasteiger partial charge in [0.05, 0.1) is 5.69 Å². The van der Waals surface area contributed by atoms with Gasteiger partial charge in [-0.1, -0.05) is 6.07 Å². The van der Waals surface area contributed by atoms with Crippen LogP contribution in [0.1, 0.15) is 22.5 Å². The van der Waals surface area contributed by atoms with Gasteiger partial charge in [0.15, 0.2) is 0 Å². The van der Waals surface area contributed by atoms with Crippen LogP contribution in [0.3, 0.4) is 0 Å². The maximum absolute atomic E-state index is 13.2. The van der Waals surface area contributed by atoms with Gasteiger partial charge in [0.1, 0.15) is 11.6 Å². The summed E-state index contributed by atoms with van der Waals surface area (Å²) in [6.45, 7) is 8.24. The number of aryl methyl sites for hydroxylation is 3. The highest BCUT2D eigenvalue weighted by molar-refractivity contribution is 5.61. The van der Waals surface area contributed by atoms with Crippen LogP contribution in [0.2, 0.25) is 0 Å². The van der Waals surface area contributed by atoms with Gasteiger partial charge in [-0.15, -0.1) is 0 Å². The highest BCUT2D eigenvalue weighted by Crippen LogP contribution is 2.27. The van der Waals surface area contributed by atoms with Gasteiger partial charge < -0.3 is 0 Å². The second-order valence-corrected chi connectivity index (χ2v) is 5.79. The van der Waals surface area contributed by atoms with Gasteiger partial charge in [-0.25, -0.2) is 9.37 Å². The first-order chi connectivity index (χ1) is 10.5. The summed E-state index contributed by atoms with van der Waals surface area (Å²) >= 11 is 0. The molecule has 0 amide bonds. The van der Waals surface area contributed by atoms with Crippen molar-refractivity contribution in [3.63, 3.8) is 0 Å². The first kappa shape index (κ1) is 14.5. The normalized spacial score (nSPS) is 11.0. The van der Waals surface area contributed by atoms with Crippen LogP contribution in [0.15, 0.2) is 42.5 Å². The third kappa shape index (κ3) is 2.54. The van der Waals surface area contributed by atoms with Gasteiger partial charge in [0.2, 0.25) is 0 Å². The van der Waals surface area contributed by atoms with E-state index >= 15 is 0 Å². The number of hydrogen-bond acceptors (Lipinski definition) is 1. The summed E-state index contributed by atoms with van der Waals surface area (Å²) in [5.41, 5.74) is 6.52. The molecule has 1 aromatic heterocycles. The van der Waals surface area contributed by atoms with E-state index in [1.807, 2.05) is 6.92 Å². The van der Waals surface area contributed by atoms with E-state index < -0.39 is 0 Å². The average Bonchev–Trinajstić information content (AvgIpc) is 2.74. The lowest BCUT2D eigenvalue weighted by atomic mass is 10.1. The lowest BCUT2D eigenvalue weighted by molar-refractivity contribution is 0.628. The summed E-state index contributed by atoms with van der Waals surface area (Å²) in [5, 5.41) is 0. The predicted octanol–water partition coefficient (Wildman–Crippen LogP) is 4.91. The molecule has 0 aliphatic carbocycles. The van der Waals surface area contributed by atoms with Crippen molar-refractivity contribution in [1.82, 2.24) is 9.55 Å². The molecule has 1 heterocycles. The fourth-order valence-electron chi connectivity index (χ4n) is 2.80. The van der Waals surface area contributed by atoms with Crippen molar-refractivity contribution >= 4 is 0 Å². The van der Waals surface area contributed by atoms with Gasteiger partial charge in [0.25, 0.3) is 0 Å². The minimum absolute atomic E-state index is 0.235. The molecule has 3 heteroatoms. The molecule has 0 aliphatic heterocycles. The lowest BCUT2D eigenvalue weighted by Gasteiger charge is -2.12. The van der Waals surface area contributed by atoms with Crippen molar-refractivity contribution in [2.45, 2.75) is 27.7 Å². The van der Waals surface area contributed by atoms with Crippen LogP contribution < -0.4 is 0 Å². The van der Waals surface area contributed by atoms with Crippen molar-refractivity contribution in [2.75, 3.05) is 0 Å². The zero-order valence-corrected chi connectivity index (χ0v) is 13.3. The van der Waals surface area contributed by atoms with E-state index in [0.29, 0.717) is 0 Å². The highest BCUT2D eigenvalue weighted by Gasteiger charge is 2.15. The number of aromatic nitrogens is 2. The third-order valence-corrected chi connectivity index (χ3v) is 3.91. The van der Waals surface area contributed by atoms with Crippen LogP contribution >= 0.6 is 0 Å². The minimum Gasteiger partial charge on any atom is -0.297 e. The van der Waals surface area contributed by atoms with Crippen LogP contribution in [0.25, 0.3) is 17.1 Å². The topological polar surface area (TPSA) is 17.8 Å². The van der Waals surface area contributed by atoms with E-state index in [1.165, 1.54) is 23.3 Å². The Balaban J connectivity index is 2.25. The zero-order valence-electron chi connectivity index (χ0n) is 13.3. The fraction of sp³-hybridized carbons (Fsp3) is 0.211. The van der Waals surface area contributed by atoms with E-state index in [9.17, 15) is 4.39 Å². The second kappa shape index (κ2) is 5.41. The van der Waals surface area contributed by atoms with E-state index in [-0.39, 0.29) is 5.82 Å². The molecule has 0 saturated carbocycles. The Morgan fingerprint density at radius 3 is 2.05 bits per heavy atom. The van der Waals surface area contributed by atoms with E-state index in [2.05, 4.69) is 48.5 Å². The Morgan fingerprint density at radius 1 is 0.864 bits per heavy atom. The van der Waals surface area contributed by atoms with Crippen molar-refractivity contribution in [3.8, 4) is 17.1 Å². The first-order valence-corrected chi connectivity index (χ1v) is 7.36. The number of nitrogens with zero attached hydrogens (tertiary/aromatic N) is 2. The first-order valence-electron chi connectivity index (χ1n) is 7.36. The van der Waals surface area contributed by atoms with E-state index in [4.69, 9.17) is 0 Å². The Morgan fingerprint density at radius 2 is 1.45 bits per heavy atom. The van der Waals surface area contributed by atoms with E-state index in [0.717, 1.165) is 28.5 Å². The largest absolute Gasteiger partial charge is 0.297 e. The highest BCUT2D eigenvalue weighted by atomic mass is 19.1. The van der Waals surface area contributed by atoms with Gasteiger partial charge in [-0.2, -0.15) is 0 Å². The number of rotatable bonds is 2. The Kier molecular flexibility index (Phi) is 3.57. The van der Waals surface area contributed by atoms with Crippen molar-refractivity contribution in [2.24, 2.45) is 0 Å². The van der Waals surface area contributed by atoms with Crippen LogP contribution in [0.4, 0.5) is 4.39 Å². The van der Waals surface area contributed by atoms with E-state index in [1.54, 1.807) is 12.1 Å². The number of imidazole rings is 1. The molecule has 2 aromatic carbocycles. The standard InChI is InChI=1S/C19H19FN2/c1-12-9-13(2)11-18(10-12)22-15(4)14(3)21-19(22)16-5-7-17(20)8-6-16/h5-11H,1-4H3. The van der Waals surface area contributed by atoms with Crippen LogP contribution in [-0.4, -0.2) is 9.55 Å². The lowest BCUT2D eigenvalue weighted by Crippen LogP contribution is -2.01. The molecule has 3 aromatic rings. The molecule has 0 spiro atoms. The molecule has 0 bridgehead atoms.